The Morgan fingerprint density at radius 3 is 2.74 bits per heavy atom. The third-order valence-electron chi connectivity index (χ3n) is 2.58. The number of hydrogen-bond acceptors (Lipinski definition) is 3. The van der Waals surface area contributed by atoms with Gasteiger partial charge in [0.25, 0.3) is 0 Å². The van der Waals surface area contributed by atoms with Crippen LogP contribution in [0.15, 0.2) is 22.6 Å². The van der Waals surface area contributed by atoms with Gasteiger partial charge in [0.2, 0.25) is 0 Å². The van der Waals surface area contributed by atoms with Crippen LogP contribution in [-0.2, 0) is 4.74 Å². The van der Waals surface area contributed by atoms with Crippen LogP contribution >= 0.6 is 15.9 Å². The number of unbranched alkanes of at least 4 members (excludes halogenated alkanes) is 1. The molecule has 3 nitrogen and oxygen atoms in total. The molecule has 0 heterocycles. The van der Waals surface area contributed by atoms with E-state index in [0.717, 1.165) is 19.1 Å². The highest BCUT2D eigenvalue weighted by molar-refractivity contribution is 9.12. The molecule has 2 radical (unpaired) electrons. The average Bonchev–Trinajstić information content (AvgIpc) is 2.40. The van der Waals surface area contributed by atoms with E-state index >= 15 is 0 Å². The Morgan fingerprint density at radius 2 is 2.21 bits per heavy atom. The van der Waals surface area contributed by atoms with E-state index < -0.39 is 0 Å². The summed E-state index contributed by atoms with van der Waals surface area (Å²) in [6.45, 7) is 2.74. The molecule has 0 atom stereocenters. The van der Waals surface area contributed by atoms with E-state index in [9.17, 15) is 4.79 Å². The first kappa shape index (κ1) is 15.8. The van der Waals surface area contributed by atoms with Crippen LogP contribution < -0.4 is 4.74 Å². The number of benzene rings is 1. The van der Waals surface area contributed by atoms with Gasteiger partial charge in [0, 0.05) is 11.1 Å². The maximum Gasteiger partial charge on any atom is 0.150 e. The highest BCUT2D eigenvalue weighted by Gasteiger charge is 2.11. The van der Waals surface area contributed by atoms with Crippen molar-refractivity contribution in [1.82, 2.24) is 0 Å². The van der Waals surface area contributed by atoms with Crippen LogP contribution in [-0.4, -0.2) is 27.8 Å². The van der Waals surface area contributed by atoms with Gasteiger partial charge in [-0.3, -0.25) is 4.79 Å². The molecule has 1 aromatic rings. The summed E-state index contributed by atoms with van der Waals surface area (Å²) in [6.07, 6.45) is 2.81. The number of halogens is 1. The van der Waals surface area contributed by atoms with Crippen molar-refractivity contribution in [3.8, 4) is 5.75 Å². The van der Waals surface area contributed by atoms with Gasteiger partial charge < -0.3 is 9.47 Å². The summed E-state index contributed by atoms with van der Waals surface area (Å²) >= 11 is 3.17. The summed E-state index contributed by atoms with van der Waals surface area (Å²) in [5.74, 6) is 1.11. The van der Waals surface area contributed by atoms with Crippen LogP contribution in [0.25, 0.3) is 5.76 Å². The molecular formula is C14H16BBrO3. The molecule has 0 saturated heterocycles. The summed E-state index contributed by atoms with van der Waals surface area (Å²) in [5, 5.41) is 0. The van der Waals surface area contributed by atoms with Crippen LogP contribution in [0.4, 0.5) is 0 Å². The van der Waals surface area contributed by atoms with E-state index in [1.807, 2.05) is 0 Å². The fourth-order valence-corrected chi connectivity index (χ4v) is 1.97. The average molecular weight is 323 g/mol. The Hall–Kier alpha value is -1.23. The first-order valence-electron chi connectivity index (χ1n) is 6.05. The molecule has 0 N–H and O–H groups in total. The number of aldehydes is 1. The minimum atomic E-state index is 0.337. The molecule has 0 fully saturated rings. The minimum Gasteiger partial charge on any atom is -0.496 e. The van der Waals surface area contributed by atoms with Gasteiger partial charge in [-0.25, -0.2) is 0 Å². The fourth-order valence-electron chi connectivity index (χ4n) is 1.60. The van der Waals surface area contributed by atoms with Crippen molar-refractivity contribution in [3.63, 3.8) is 0 Å². The van der Waals surface area contributed by atoms with Gasteiger partial charge in [-0.05, 0) is 29.0 Å². The molecule has 0 aliphatic rings. The van der Waals surface area contributed by atoms with Crippen molar-refractivity contribution in [1.29, 1.82) is 0 Å². The second-order valence-corrected chi connectivity index (χ2v) is 4.80. The SMILES string of the molecule is [B]/C(Br)=C(\OC)c1cc(OCCCC)ccc1C=O. The molecule has 5 heteroatoms. The monoisotopic (exact) mass is 322 g/mol. The number of ether oxygens (including phenoxy) is 2. The molecule has 0 bridgehead atoms. The fraction of sp³-hybridized carbons (Fsp3) is 0.357. The van der Waals surface area contributed by atoms with E-state index in [1.54, 1.807) is 18.2 Å². The summed E-state index contributed by atoms with van der Waals surface area (Å²) in [6, 6.07) is 5.21. The predicted molar refractivity (Wildman–Crippen MR) is 80.8 cm³/mol. The maximum atomic E-state index is 11.1. The van der Waals surface area contributed by atoms with Crippen LogP contribution in [0.2, 0.25) is 0 Å². The van der Waals surface area contributed by atoms with E-state index in [1.165, 1.54) is 7.11 Å². The Labute approximate surface area is 123 Å². The molecule has 0 aromatic heterocycles. The van der Waals surface area contributed by atoms with Crippen LogP contribution in [0, 0.1) is 0 Å². The van der Waals surface area contributed by atoms with E-state index in [0.29, 0.717) is 33.6 Å². The summed E-state index contributed by atoms with van der Waals surface area (Å²) in [4.78, 5) is 11.1. The Balaban J connectivity index is 3.09. The lowest BCUT2D eigenvalue weighted by atomic mass is 10.0. The van der Waals surface area contributed by atoms with Crippen molar-refractivity contribution < 1.29 is 14.3 Å². The zero-order valence-electron chi connectivity index (χ0n) is 11.1. The zero-order valence-corrected chi connectivity index (χ0v) is 12.7. The van der Waals surface area contributed by atoms with Crippen LogP contribution in [0.5, 0.6) is 5.75 Å². The van der Waals surface area contributed by atoms with Crippen molar-refractivity contribution in [2.45, 2.75) is 19.8 Å². The second-order valence-electron chi connectivity index (χ2n) is 3.95. The molecule has 0 saturated carbocycles. The van der Waals surface area contributed by atoms with Crippen molar-refractivity contribution >= 4 is 35.8 Å². The Morgan fingerprint density at radius 1 is 1.47 bits per heavy atom. The lowest BCUT2D eigenvalue weighted by Gasteiger charge is -2.13. The predicted octanol–water partition coefficient (Wildman–Crippen LogP) is 3.51. The van der Waals surface area contributed by atoms with Gasteiger partial charge in [-0.1, -0.05) is 29.3 Å². The van der Waals surface area contributed by atoms with Gasteiger partial charge in [0.1, 0.15) is 19.4 Å². The van der Waals surface area contributed by atoms with E-state index in [4.69, 9.17) is 17.3 Å². The summed E-state index contributed by atoms with van der Waals surface area (Å²) < 4.78 is 11.2. The van der Waals surface area contributed by atoms with Crippen LogP contribution in [0.1, 0.15) is 35.7 Å². The molecule has 1 aromatic carbocycles. The molecule has 19 heavy (non-hydrogen) atoms. The first-order chi connectivity index (χ1) is 9.13. The zero-order chi connectivity index (χ0) is 14.3. The molecule has 1 rings (SSSR count). The molecule has 0 aliphatic carbocycles. The molecule has 100 valence electrons. The molecular weight excluding hydrogens is 307 g/mol. The van der Waals surface area contributed by atoms with Crippen molar-refractivity contribution in [2.75, 3.05) is 13.7 Å². The van der Waals surface area contributed by atoms with Gasteiger partial charge >= 0.3 is 0 Å². The van der Waals surface area contributed by atoms with E-state index in [-0.39, 0.29) is 0 Å². The minimum absolute atomic E-state index is 0.337. The van der Waals surface area contributed by atoms with Gasteiger partial charge in [0.05, 0.1) is 13.7 Å². The largest absolute Gasteiger partial charge is 0.496 e. The summed E-state index contributed by atoms with van der Waals surface area (Å²) in [5.41, 5.74) is 1.11. The number of carbonyl (C=O) groups is 1. The molecule has 0 spiro atoms. The smallest absolute Gasteiger partial charge is 0.150 e. The third kappa shape index (κ3) is 4.42. The number of rotatable bonds is 7. The topological polar surface area (TPSA) is 35.5 Å². The number of carbonyl (C=O) groups excluding carboxylic acids is 1. The van der Waals surface area contributed by atoms with Gasteiger partial charge in [-0.15, -0.1) is 0 Å². The highest BCUT2D eigenvalue weighted by Crippen LogP contribution is 2.27. The first-order valence-corrected chi connectivity index (χ1v) is 6.85. The molecule has 0 amide bonds. The Bertz CT molecular complexity index is 468. The van der Waals surface area contributed by atoms with Crippen LogP contribution in [0.3, 0.4) is 0 Å². The molecule has 0 aliphatic heterocycles. The lowest BCUT2D eigenvalue weighted by molar-refractivity contribution is 0.112. The normalized spacial score (nSPS) is 11.7. The van der Waals surface area contributed by atoms with E-state index in [2.05, 4.69) is 22.9 Å². The van der Waals surface area contributed by atoms with Crippen molar-refractivity contribution in [3.05, 3.63) is 33.7 Å². The third-order valence-corrected chi connectivity index (χ3v) is 2.94. The molecule has 0 unspecified atom stereocenters. The highest BCUT2D eigenvalue weighted by atomic mass is 79.9. The second kappa shape index (κ2) is 8.05. The number of methoxy groups -OCH3 is 1. The quantitative estimate of drug-likeness (QED) is 0.333. The summed E-state index contributed by atoms with van der Waals surface area (Å²) in [7, 11) is 7.19. The standard InChI is InChI=1S/C14H16BBrO3/c1-3-4-7-19-11-6-5-10(9-17)12(8-11)13(18-2)14(15)16/h5-6,8-9H,3-4,7H2,1-2H3/b14-13+. The lowest BCUT2D eigenvalue weighted by Crippen LogP contribution is -2.00. The van der Waals surface area contributed by atoms with Crippen molar-refractivity contribution in [2.24, 2.45) is 0 Å². The van der Waals surface area contributed by atoms with Gasteiger partial charge in [0.15, 0.2) is 6.29 Å². The Kier molecular flexibility index (Phi) is 6.71. The van der Waals surface area contributed by atoms with Gasteiger partial charge in [-0.2, -0.15) is 0 Å². The number of hydrogen-bond donors (Lipinski definition) is 0. The maximum absolute atomic E-state index is 11.1.